The van der Waals surface area contributed by atoms with Gasteiger partial charge in [0.1, 0.15) is 0 Å². The van der Waals surface area contributed by atoms with E-state index < -0.39 is 5.54 Å². The normalized spacial score (nSPS) is 13.7. The van der Waals surface area contributed by atoms with E-state index in [9.17, 15) is 9.90 Å². The molecule has 0 bridgehead atoms. The van der Waals surface area contributed by atoms with Crippen molar-refractivity contribution in [1.82, 2.24) is 5.32 Å². The third-order valence-corrected chi connectivity index (χ3v) is 3.54. The molecule has 4 heteroatoms. The molecular weight excluding hydrogens is 252 g/mol. The lowest BCUT2D eigenvalue weighted by atomic mass is 9.97. The molecule has 0 radical (unpaired) electrons. The number of nitrogens with one attached hydrogen (secondary N) is 2. The first-order valence-electron chi connectivity index (χ1n) is 7.24. The van der Waals surface area contributed by atoms with Crippen molar-refractivity contribution in [3.8, 4) is 0 Å². The number of rotatable bonds is 6. The molecule has 20 heavy (non-hydrogen) atoms. The van der Waals surface area contributed by atoms with Gasteiger partial charge < -0.3 is 15.7 Å². The summed E-state index contributed by atoms with van der Waals surface area (Å²) in [6.45, 7) is 7.86. The zero-order chi connectivity index (χ0) is 15.2. The molecule has 1 rings (SSSR count). The maximum absolute atomic E-state index is 12.1. The molecule has 1 aromatic carbocycles. The van der Waals surface area contributed by atoms with Gasteiger partial charge in [-0.3, -0.25) is 0 Å². The van der Waals surface area contributed by atoms with Gasteiger partial charge in [0, 0.05) is 5.69 Å². The van der Waals surface area contributed by atoms with Gasteiger partial charge in [-0.15, -0.1) is 0 Å². The number of amides is 2. The second kappa shape index (κ2) is 7.29. The van der Waals surface area contributed by atoms with Crippen molar-refractivity contribution >= 4 is 11.7 Å². The van der Waals surface area contributed by atoms with Crippen LogP contribution in [0.1, 0.15) is 44.7 Å². The van der Waals surface area contributed by atoms with Gasteiger partial charge >= 0.3 is 6.03 Å². The summed E-state index contributed by atoms with van der Waals surface area (Å²) >= 11 is 0. The highest BCUT2D eigenvalue weighted by Gasteiger charge is 2.24. The zero-order valence-corrected chi connectivity index (χ0v) is 12.9. The van der Waals surface area contributed by atoms with Crippen molar-refractivity contribution in [1.29, 1.82) is 0 Å². The van der Waals surface area contributed by atoms with Crippen molar-refractivity contribution in [3.05, 3.63) is 29.3 Å². The second-order valence-electron chi connectivity index (χ2n) is 5.51. The first kappa shape index (κ1) is 16.5. The van der Waals surface area contributed by atoms with E-state index in [-0.39, 0.29) is 12.6 Å². The molecule has 1 atom stereocenters. The number of aryl methyl sites for hydroxylation is 2. The van der Waals surface area contributed by atoms with Crippen molar-refractivity contribution in [2.24, 2.45) is 0 Å². The number of hydrogen-bond donors (Lipinski definition) is 3. The number of aliphatic hydroxyl groups excluding tert-OH is 1. The first-order chi connectivity index (χ1) is 9.45. The van der Waals surface area contributed by atoms with Crippen molar-refractivity contribution in [2.75, 3.05) is 11.9 Å². The third-order valence-electron chi connectivity index (χ3n) is 3.54. The molecule has 0 aromatic heterocycles. The van der Waals surface area contributed by atoms with E-state index in [1.807, 2.05) is 39.0 Å². The lowest BCUT2D eigenvalue weighted by Gasteiger charge is -2.28. The minimum absolute atomic E-state index is 0.0668. The first-order valence-corrected chi connectivity index (χ1v) is 7.24. The van der Waals surface area contributed by atoms with E-state index in [4.69, 9.17) is 0 Å². The highest BCUT2D eigenvalue weighted by molar-refractivity contribution is 5.91. The van der Waals surface area contributed by atoms with Crippen LogP contribution in [0.3, 0.4) is 0 Å². The monoisotopic (exact) mass is 278 g/mol. The second-order valence-corrected chi connectivity index (χ2v) is 5.51. The number of hydrogen-bond acceptors (Lipinski definition) is 2. The molecule has 0 saturated heterocycles. The van der Waals surface area contributed by atoms with Crippen molar-refractivity contribution in [3.63, 3.8) is 0 Å². The van der Waals surface area contributed by atoms with Crippen LogP contribution in [0.25, 0.3) is 0 Å². The average Bonchev–Trinajstić information content (AvgIpc) is 2.41. The molecule has 2 amide bonds. The fourth-order valence-electron chi connectivity index (χ4n) is 2.35. The summed E-state index contributed by atoms with van der Waals surface area (Å²) in [6.07, 6.45) is 2.51. The third kappa shape index (κ3) is 4.23. The Kier molecular flexibility index (Phi) is 6.02. The van der Waals surface area contributed by atoms with E-state index in [0.717, 1.165) is 36.1 Å². The number of anilines is 1. The fourth-order valence-corrected chi connectivity index (χ4v) is 2.35. The number of benzene rings is 1. The molecule has 0 aliphatic carbocycles. The highest BCUT2D eigenvalue weighted by atomic mass is 16.3. The molecule has 0 aliphatic rings. The molecule has 112 valence electrons. The SMILES string of the molecule is CCCC(C)(CO)NC(=O)Nc1c(C)cccc1CC. The predicted molar refractivity (Wildman–Crippen MR) is 83.1 cm³/mol. The predicted octanol–water partition coefficient (Wildman–Crippen LogP) is 3.23. The Labute approximate surface area is 121 Å². The summed E-state index contributed by atoms with van der Waals surface area (Å²) in [5.41, 5.74) is 2.44. The largest absolute Gasteiger partial charge is 0.394 e. The molecule has 0 fully saturated rings. The molecule has 0 spiro atoms. The van der Waals surface area contributed by atoms with Crippen LogP contribution in [0.5, 0.6) is 0 Å². The molecular formula is C16H26N2O2. The molecule has 0 saturated carbocycles. The van der Waals surface area contributed by atoms with Crippen LogP contribution in [0, 0.1) is 6.92 Å². The molecule has 1 aromatic rings. The van der Waals surface area contributed by atoms with Gasteiger partial charge in [0.25, 0.3) is 0 Å². The van der Waals surface area contributed by atoms with E-state index in [2.05, 4.69) is 17.6 Å². The number of aliphatic hydroxyl groups is 1. The van der Waals surface area contributed by atoms with Gasteiger partial charge in [0.05, 0.1) is 12.1 Å². The lowest BCUT2D eigenvalue weighted by molar-refractivity contribution is 0.167. The van der Waals surface area contributed by atoms with Crippen LogP contribution >= 0.6 is 0 Å². The Bertz CT molecular complexity index is 460. The van der Waals surface area contributed by atoms with Crippen LogP contribution in [-0.2, 0) is 6.42 Å². The van der Waals surface area contributed by atoms with Crippen LogP contribution in [0.15, 0.2) is 18.2 Å². The number of para-hydroxylation sites is 1. The van der Waals surface area contributed by atoms with E-state index in [1.165, 1.54) is 0 Å². The summed E-state index contributed by atoms with van der Waals surface area (Å²) in [4.78, 5) is 12.1. The van der Waals surface area contributed by atoms with Gasteiger partial charge in [-0.2, -0.15) is 0 Å². The smallest absolute Gasteiger partial charge is 0.319 e. The summed E-state index contributed by atoms with van der Waals surface area (Å²) < 4.78 is 0. The number of urea groups is 1. The molecule has 3 N–H and O–H groups in total. The minimum atomic E-state index is -0.575. The highest BCUT2D eigenvalue weighted by Crippen LogP contribution is 2.21. The Morgan fingerprint density at radius 2 is 2.05 bits per heavy atom. The summed E-state index contributed by atoms with van der Waals surface area (Å²) in [5.74, 6) is 0. The van der Waals surface area contributed by atoms with Gasteiger partial charge in [-0.25, -0.2) is 4.79 Å². The van der Waals surface area contributed by atoms with Gasteiger partial charge in [0.15, 0.2) is 0 Å². The van der Waals surface area contributed by atoms with Crippen LogP contribution in [0.4, 0.5) is 10.5 Å². The number of carbonyl (C=O) groups is 1. The maximum atomic E-state index is 12.1. The Balaban J connectivity index is 2.81. The Morgan fingerprint density at radius 3 is 2.60 bits per heavy atom. The van der Waals surface area contributed by atoms with Crippen molar-refractivity contribution < 1.29 is 9.90 Å². The topological polar surface area (TPSA) is 61.4 Å². The van der Waals surface area contributed by atoms with Gasteiger partial charge in [-0.1, -0.05) is 38.5 Å². The quantitative estimate of drug-likeness (QED) is 0.748. The van der Waals surface area contributed by atoms with Gasteiger partial charge in [0.2, 0.25) is 0 Å². The van der Waals surface area contributed by atoms with Gasteiger partial charge in [-0.05, 0) is 37.8 Å². The lowest BCUT2D eigenvalue weighted by Crippen LogP contribution is -2.50. The fraction of sp³-hybridized carbons (Fsp3) is 0.562. The van der Waals surface area contributed by atoms with E-state index in [1.54, 1.807) is 0 Å². The van der Waals surface area contributed by atoms with Crippen molar-refractivity contribution in [2.45, 2.75) is 52.5 Å². The molecule has 0 heterocycles. The Morgan fingerprint density at radius 1 is 1.35 bits per heavy atom. The van der Waals surface area contributed by atoms with E-state index in [0.29, 0.717) is 0 Å². The van der Waals surface area contributed by atoms with E-state index >= 15 is 0 Å². The zero-order valence-electron chi connectivity index (χ0n) is 12.9. The summed E-state index contributed by atoms with van der Waals surface area (Å²) in [6, 6.07) is 5.72. The standard InChI is InChI=1S/C16H26N2O2/c1-5-10-16(4,11-19)18-15(20)17-14-12(3)8-7-9-13(14)6-2/h7-9,19H,5-6,10-11H2,1-4H3,(H2,17,18,20). The molecule has 0 aliphatic heterocycles. The minimum Gasteiger partial charge on any atom is -0.394 e. The average molecular weight is 278 g/mol. The number of carbonyl (C=O) groups excluding carboxylic acids is 1. The summed E-state index contributed by atoms with van der Waals surface area (Å²) in [7, 11) is 0. The van der Waals surface area contributed by atoms with Crippen LogP contribution < -0.4 is 10.6 Å². The molecule has 4 nitrogen and oxygen atoms in total. The Hall–Kier alpha value is -1.55. The maximum Gasteiger partial charge on any atom is 0.319 e. The van der Waals surface area contributed by atoms with Crippen LogP contribution in [0.2, 0.25) is 0 Å². The summed E-state index contributed by atoms with van der Waals surface area (Å²) in [5, 5.41) is 15.2. The van der Waals surface area contributed by atoms with Crippen LogP contribution in [-0.4, -0.2) is 23.3 Å². The molecule has 1 unspecified atom stereocenters.